The second kappa shape index (κ2) is 7.81. The molecule has 0 radical (unpaired) electrons. The average Bonchev–Trinajstić information content (AvgIpc) is 2.64. The molecule has 2 N–H and O–H groups in total. The van der Waals surface area contributed by atoms with Gasteiger partial charge in [0.1, 0.15) is 5.82 Å². The Bertz CT molecular complexity index is 867. The van der Waals surface area contributed by atoms with Gasteiger partial charge in [-0.2, -0.15) is 0 Å². The molecule has 0 aliphatic heterocycles. The van der Waals surface area contributed by atoms with E-state index < -0.39 is 5.82 Å². The number of amides is 2. The van der Waals surface area contributed by atoms with Gasteiger partial charge >= 0.3 is 6.03 Å². The standard InChI is InChI=1S/C20H16ClFN2O/c21-18-12-14(6-11-19(18)22)13-23-20(25)24-17-9-7-16(8-10-17)15-4-2-1-3-5-15/h1-12H,13H2,(H2,23,24,25). The molecule has 0 aliphatic rings. The normalized spacial score (nSPS) is 10.3. The van der Waals surface area contributed by atoms with Gasteiger partial charge in [0.25, 0.3) is 0 Å². The Balaban J connectivity index is 1.56. The zero-order valence-electron chi connectivity index (χ0n) is 13.3. The van der Waals surface area contributed by atoms with Crippen LogP contribution in [0.2, 0.25) is 5.02 Å². The second-order valence-corrected chi connectivity index (χ2v) is 5.91. The third-order valence-corrected chi connectivity index (χ3v) is 3.98. The van der Waals surface area contributed by atoms with Crippen LogP contribution in [-0.4, -0.2) is 6.03 Å². The minimum atomic E-state index is -0.478. The topological polar surface area (TPSA) is 41.1 Å². The lowest BCUT2D eigenvalue weighted by Crippen LogP contribution is -2.28. The fourth-order valence-electron chi connectivity index (χ4n) is 2.38. The predicted molar refractivity (Wildman–Crippen MR) is 99.1 cm³/mol. The van der Waals surface area contributed by atoms with E-state index >= 15 is 0 Å². The summed E-state index contributed by atoms with van der Waals surface area (Å²) < 4.78 is 13.1. The van der Waals surface area contributed by atoms with Crippen molar-refractivity contribution in [3.8, 4) is 11.1 Å². The molecule has 3 rings (SSSR count). The van der Waals surface area contributed by atoms with Crippen molar-refractivity contribution in [2.75, 3.05) is 5.32 Å². The lowest BCUT2D eigenvalue weighted by molar-refractivity contribution is 0.251. The van der Waals surface area contributed by atoms with E-state index in [0.29, 0.717) is 5.69 Å². The van der Waals surface area contributed by atoms with Crippen LogP contribution in [0, 0.1) is 5.82 Å². The largest absolute Gasteiger partial charge is 0.334 e. The van der Waals surface area contributed by atoms with Crippen molar-refractivity contribution in [3.05, 3.63) is 89.2 Å². The Hall–Kier alpha value is -2.85. The first kappa shape index (κ1) is 17.0. The summed E-state index contributed by atoms with van der Waals surface area (Å²) in [6.07, 6.45) is 0. The molecule has 25 heavy (non-hydrogen) atoms. The molecule has 3 nitrogen and oxygen atoms in total. The summed E-state index contributed by atoms with van der Waals surface area (Å²) in [4.78, 5) is 12.0. The Morgan fingerprint density at radius 1 is 0.920 bits per heavy atom. The van der Waals surface area contributed by atoms with Crippen molar-refractivity contribution in [3.63, 3.8) is 0 Å². The zero-order valence-corrected chi connectivity index (χ0v) is 14.1. The van der Waals surface area contributed by atoms with Crippen LogP contribution < -0.4 is 10.6 Å². The van der Waals surface area contributed by atoms with Gasteiger partial charge in [0.15, 0.2) is 0 Å². The summed E-state index contributed by atoms with van der Waals surface area (Å²) in [5.41, 5.74) is 3.61. The molecule has 0 fully saturated rings. The van der Waals surface area contributed by atoms with E-state index in [2.05, 4.69) is 10.6 Å². The number of halogens is 2. The molecule has 0 heterocycles. The molecule has 2 amide bonds. The van der Waals surface area contributed by atoms with Crippen LogP contribution in [0.4, 0.5) is 14.9 Å². The fourth-order valence-corrected chi connectivity index (χ4v) is 2.59. The van der Waals surface area contributed by atoms with Gasteiger partial charge < -0.3 is 10.6 Å². The lowest BCUT2D eigenvalue weighted by Gasteiger charge is -2.09. The Labute approximate surface area is 150 Å². The highest BCUT2D eigenvalue weighted by Gasteiger charge is 2.05. The lowest BCUT2D eigenvalue weighted by atomic mass is 10.1. The van der Waals surface area contributed by atoms with Crippen molar-refractivity contribution < 1.29 is 9.18 Å². The Morgan fingerprint density at radius 3 is 2.28 bits per heavy atom. The molecule has 0 spiro atoms. The number of carbonyl (C=O) groups excluding carboxylic acids is 1. The van der Waals surface area contributed by atoms with Gasteiger partial charge in [0.2, 0.25) is 0 Å². The van der Waals surface area contributed by atoms with E-state index in [1.165, 1.54) is 12.1 Å². The first-order valence-electron chi connectivity index (χ1n) is 7.76. The van der Waals surface area contributed by atoms with Crippen LogP contribution in [0.1, 0.15) is 5.56 Å². The van der Waals surface area contributed by atoms with Gasteiger partial charge in [-0.25, -0.2) is 9.18 Å². The minimum absolute atomic E-state index is 0.0382. The van der Waals surface area contributed by atoms with Gasteiger partial charge in [0, 0.05) is 12.2 Å². The third-order valence-electron chi connectivity index (χ3n) is 3.69. The van der Waals surface area contributed by atoms with E-state index in [-0.39, 0.29) is 17.6 Å². The van der Waals surface area contributed by atoms with Crippen molar-refractivity contribution >= 4 is 23.3 Å². The maximum atomic E-state index is 13.1. The number of benzene rings is 3. The molecule has 0 aliphatic carbocycles. The summed E-state index contributed by atoms with van der Waals surface area (Å²) in [5.74, 6) is -0.478. The van der Waals surface area contributed by atoms with Crippen LogP contribution in [0.5, 0.6) is 0 Å². The van der Waals surface area contributed by atoms with Crippen LogP contribution in [0.15, 0.2) is 72.8 Å². The average molecular weight is 355 g/mol. The molecule has 5 heteroatoms. The smallest absolute Gasteiger partial charge is 0.319 e. The summed E-state index contributed by atoms with van der Waals surface area (Å²) in [6, 6.07) is 21.6. The van der Waals surface area contributed by atoms with Crippen molar-refractivity contribution in [2.24, 2.45) is 0 Å². The summed E-state index contributed by atoms with van der Waals surface area (Å²) in [7, 11) is 0. The SMILES string of the molecule is O=C(NCc1ccc(F)c(Cl)c1)Nc1ccc(-c2ccccc2)cc1. The molecule has 0 saturated carbocycles. The van der Waals surface area contributed by atoms with Crippen LogP contribution >= 0.6 is 11.6 Å². The number of carbonyl (C=O) groups is 1. The van der Waals surface area contributed by atoms with E-state index in [1.807, 2.05) is 54.6 Å². The summed E-state index contributed by atoms with van der Waals surface area (Å²) in [6.45, 7) is 0.258. The number of rotatable bonds is 4. The molecular formula is C20H16ClFN2O. The maximum absolute atomic E-state index is 13.1. The molecule has 0 atom stereocenters. The molecule has 0 bridgehead atoms. The molecule has 0 saturated heterocycles. The van der Waals surface area contributed by atoms with Crippen LogP contribution in [-0.2, 0) is 6.54 Å². The fraction of sp³-hybridized carbons (Fsp3) is 0.0500. The summed E-state index contributed by atoms with van der Waals surface area (Å²) >= 11 is 5.72. The highest BCUT2D eigenvalue weighted by molar-refractivity contribution is 6.30. The first-order chi connectivity index (χ1) is 12.1. The number of hydrogen-bond acceptors (Lipinski definition) is 1. The third kappa shape index (κ3) is 4.58. The number of nitrogens with one attached hydrogen (secondary N) is 2. The maximum Gasteiger partial charge on any atom is 0.319 e. The highest BCUT2D eigenvalue weighted by atomic mass is 35.5. The first-order valence-corrected chi connectivity index (χ1v) is 8.14. The van der Waals surface area contributed by atoms with Gasteiger partial charge in [-0.3, -0.25) is 0 Å². The van der Waals surface area contributed by atoms with Gasteiger partial charge in [-0.1, -0.05) is 60.1 Å². The van der Waals surface area contributed by atoms with E-state index in [4.69, 9.17) is 11.6 Å². The minimum Gasteiger partial charge on any atom is -0.334 e. The van der Waals surface area contributed by atoms with E-state index in [0.717, 1.165) is 16.7 Å². The van der Waals surface area contributed by atoms with Crippen LogP contribution in [0.3, 0.4) is 0 Å². The molecule has 3 aromatic rings. The van der Waals surface area contributed by atoms with Gasteiger partial charge in [0.05, 0.1) is 5.02 Å². The Kier molecular flexibility index (Phi) is 5.31. The Morgan fingerprint density at radius 2 is 1.60 bits per heavy atom. The number of hydrogen-bond donors (Lipinski definition) is 2. The van der Waals surface area contributed by atoms with Crippen LogP contribution in [0.25, 0.3) is 11.1 Å². The highest BCUT2D eigenvalue weighted by Crippen LogP contribution is 2.21. The monoisotopic (exact) mass is 354 g/mol. The van der Waals surface area contributed by atoms with Gasteiger partial charge in [-0.15, -0.1) is 0 Å². The molecule has 3 aromatic carbocycles. The number of urea groups is 1. The summed E-state index contributed by atoms with van der Waals surface area (Å²) in [5, 5.41) is 5.51. The predicted octanol–water partition coefficient (Wildman–Crippen LogP) is 5.47. The van der Waals surface area contributed by atoms with Crippen molar-refractivity contribution in [1.82, 2.24) is 5.32 Å². The van der Waals surface area contributed by atoms with Crippen molar-refractivity contribution in [2.45, 2.75) is 6.54 Å². The van der Waals surface area contributed by atoms with Gasteiger partial charge in [-0.05, 0) is 41.0 Å². The van der Waals surface area contributed by atoms with E-state index in [1.54, 1.807) is 6.07 Å². The zero-order chi connectivity index (χ0) is 17.6. The quantitative estimate of drug-likeness (QED) is 0.641. The number of anilines is 1. The molecule has 0 unspecified atom stereocenters. The van der Waals surface area contributed by atoms with Crippen molar-refractivity contribution in [1.29, 1.82) is 0 Å². The molecule has 0 aromatic heterocycles. The van der Waals surface area contributed by atoms with E-state index in [9.17, 15) is 9.18 Å². The molecule has 126 valence electrons. The second-order valence-electron chi connectivity index (χ2n) is 5.50. The molecular weight excluding hydrogens is 339 g/mol.